The average molecular weight is 708 g/mol. The molecule has 0 unspecified atom stereocenters. The van der Waals surface area contributed by atoms with E-state index in [0.29, 0.717) is 39.6 Å². The summed E-state index contributed by atoms with van der Waals surface area (Å²) in [5.41, 5.74) is 4.32. The van der Waals surface area contributed by atoms with Crippen LogP contribution in [0.4, 0.5) is 24.5 Å². The van der Waals surface area contributed by atoms with Crippen LogP contribution < -0.4 is 14.4 Å². The third-order valence-corrected chi connectivity index (χ3v) is 9.93. The first-order valence-electron chi connectivity index (χ1n) is 16.5. The van der Waals surface area contributed by atoms with Crippen LogP contribution in [0.1, 0.15) is 37.5 Å². The second-order valence-corrected chi connectivity index (χ2v) is 13.0. The molecule has 0 fully saturated rings. The first-order valence-corrected chi connectivity index (χ1v) is 16.5. The van der Waals surface area contributed by atoms with Crippen molar-refractivity contribution in [2.24, 2.45) is 14.1 Å². The van der Waals surface area contributed by atoms with Gasteiger partial charge in [-0.1, -0.05) is 24.3 Å². The zero-order valence-corrected chi connectivity index (χ0v) is 28.3. The lowest BCUT2D eigenvalue weighted by molar-refractivity contribution is -0.179. The zero-order valence-electron chi connectivity index (χ0n) is 28.3. The number of hydrogen-bond acceptors (Lipinski definition) is 6. The summed E-state index contributed by atoms with van der Waals surface area (Å²) in [6.45, 7) is 1.40. The van der Waals surface area contributed by atoms with E-state index >= 15 is 0 Å². The van der Waals surface area contributed by atoms with E-state index in [2.05, 4.69) is 4.98 Å². The number of hydrogen-bond donors (Lipinski definition) is 1. The van der Waals surface area contributed by atoms with Crippen molar-refractivity contribution >= 4 is 34.2 Å². The van der Waals surface area contributed by atoms with E-state index in [1.54, 1.807) is 73.3 Å². The third-order valence-electron chi connectivity index (χ3n) is 9.93. The summed E-state index contributed by atoms with van der Waals surface area (Å²) in [5, 5.41) is 10.8. The number of carbonyl (C=O) groups is 2. The van der Waals surface area contributed by atoms with Crippen molar-refractivity contribution in [3.8, 4) is 28.5 Å². The number of aryl methyl sites for hydroxylation is 1. The molecule has 3 aromatic carbocycles. The number of carbonyl (C=O) groups excluding carboxylic acids is 2. The molecule has 0 saturated heterocycles. The van der Waals surface area contributed by atoms with Gasteiger partial charge in [-0.05, 0) is 72.6 Å². The number of rotatable bonds is 5. The Labute approximate surface area is 295 Å². The second kappa shape index (κ2) is 12.2. The van der Waals surface area contributed by atoms with Crippen molar-refractivity contribution in [3.63, 3.8) is 0 Å². The van der Waals surface area contributed by atoms with Crippen LogP contribution in [0.15, 0.2) is 91.3 Å². The summed E-state index contributed by atoms with van der Waals surface area (Å²) in [7, 11) is 3.59. The standard InChI is InChI=1S/C39H32F3N5O5/c1-22-29(38(50)47(26-8-10-28(48)11-9-26)27-14-24-12-13-44(2)36(24)43-19-27)16-32(45(22)3)30-17-33-34(52-21-51-33)18-31(30)37(49)46-20-25-7-5-4-6-23(25)15-35(46)39(40,41)42/h4-14,16-19,35,48H,15,20-21H2,1-3H3/t35-/m0/s1. The number of halogens is 3. The Kier molecular flexibility index (Phi) is 7.74. The molecule has 5 heterocycles. The number of fused-ring (bicyclic) bond motifs is 3. The van der Waals surface area contributed by atoms with E-state index in [1.165, 1.54) is 23.1 Å². The minimum atomic E-state index is -4.68. The molecule has 10 nitrogen and oxygen atoms in total. The molecule has 2 aliphatic heterocycles. The van der Waals surface area contributed by atoms with Gasteiger partial charge < -0.3 is 28.6 Å². The quantitative estimate of drug-likeness (QED) is 0.200. The normalized spacial score (nSPS) is 15.2. The average Bonchev–Trinajstić information content (AvgIpc) is 3.83. The molecule has 52 heavy (non-hydrogen) atoms. The molecule has 1 N–H and O–H groups in total. The van der Waals surface area contributed by atoms with Gasteiger partial charge >= 0.3 is 6.18 Å². The Morgan fingerprint density at radius 1 is 0.904 bits per heavy atom. The van der Waals surface area contributed by atoms with Gasteiger partial charge in [0.1, 0.15) is 17.4 Å². The monoisotopic (exact) mass is 707 g/mol. The van der Waals surface area contributed by atoms with E-state index in [4.69, 9.17) is 9.47 Å². The molecule has 8 rings (SSSR count). The Bertz CT molecular complexity index is 2400. The van der Waals surface area contributed by atoms with E-state index in [1.807, 2.05) is 29.9 Å². The fraction of sp³-hybridized carbons (Fsp3) is 0.205. The molecule has 1 atom stereocenters. The number of anilines is 2. The van der Waals surface area contributed by atoms with Gasteiger partial charge in [-0.15, -0.1) is 0 Å². The predicted molar refractivity (Wildman–Crippen MR) is 187 cm³/mol. The summed E-state index contributed by atoms with van der Waals surface area (Å²) >= 11 is 0. The number of nitrogens with zero attached hydrogens (tertiary/aromatic N) is 5. The molecule has 2 aliphatic rings. The lowest BCUT2D eigenvalue weighted by atomic mass is 9.92. The van der Waals surface area contributed by atoms with E-state index < -0.39 is 24.0 Å². The van der Waals surface area contributed by atoms with Crippen LogP contribution in [0.2, 0.25) is 0 Å². The molecule has 0 bridgehead atoms. The Hall–Kier alpha value is -6.24. The molecule has 3 aromatic heterocycles. The van der Waals surface area contributed by atoms with Crippen LogP contribution in [-0.4, -0.2) is 55.0 Å². The number of aromatic nitrogens is 3. The van der Waals surface area contributed by atoms with Crippen LogP contribution >= 0.6 is 0 Å². The van der Waals surface area contributed by atoms with Gasteiger partial charge in [0.2, 0.25) is 6.79 Å². The van der Waals surface area contributed by atoms with Gasteiger partial charge in [0.05, 0.1) is 23.0 Å². The number of amides is 2. The minimum absolute atomic E-state index is 0.0217. The van der Waals surface area contributed by atoms with Gasteiger partial charge in [0.25, 0.3) is 11.8 Å². The lowest BCUT2D eigenvalue weighted by Crippen LogP contribution is -2.52. The van der Waals surface area contributed by atoms with Crippen LogP contribution in [0.5, 0.6) is 17.2 Å². The number of aromatic hydroxyl groups is 1. The van der Waals surface area contributed by atoms with Crippen LogP contribution in [-0.2, 0) is 27.1 Å². The van der Waals surface area contributed by atoms with Crippen molar-refractivity contribution < 1.29 is 37.3 Å². The smallest absolute Gasteiger partial charge is 0.409 e. The highest BCUT2D eigenvalue weighted by Crippen LogP contribution is 2.43. The van der Waals surface area contributed by atoms with Gasteiger partial charge in [0.15, 0.2) is 11.5 Å². The Morgan fingerprint density at radius 2 is 1.62 bits per heavy atom. The molecule has 0 spiro atoms. The molecule has 0 saturated carbocycles. The number of phenols is 1. The Morgan fingerprint density at radius 3 is 2.35 bits per heavy atom. The van der Waals surface area contributed by atoms with Gasteiger partial charge in [0, 0.05) is 61.3 Å². The first-order chi connectivity index (χ1) is 24.9. The molecule has 6 aromatic rings. The van der Waals surface area contributed by atoms with Crippen LogP contribution in [0.25, 0.3) is 22.3 Å². The topological polar surface area (TPSA) is 102 Å². The molecule has 2 amide bonds. The molecular formula is C39H32F3N5O5. The van der Waals surface area contributed by atoms with Crippen LogP contribution in [0.3, 0.4) is 0 Å². The lowest BCUT2D eigenvalue weighted by Gasteiger charge is -2.38. The molecule has 0 aliphatic carbocycles. The maximum absolute atomic E-state index is 14.7. The molecule has 264 valence electrons. The number of pyridine rings is 1. The van der Waals surface area contributed by atoms with Crippen LogP contribution in [0, 0.1) is 6.92 Å². The SMILES string of the molecule is Cc1c(C(=O)N(c2ccc(O)cc2)c2cnc3c(ccn3C)c2)cc(-c2cc3c(cc2C(=O)N2Cc4ccccc4C[C@H]2C(F)(F)F)OCO3)n1C. The maximum atomic E-state index is 14.7. The minimum Gasteiger partial charge on any atom is -0.508 e. The fourth-order valence-electron chi connectivity index (χ4n) is 7.06. The number of phenolic OH excluding ortho intramolecular Hbond substituents is 1. The summed E-state index contributed by atoms with van der Waals surface area (Å²) in [5.74, 6) is -0.679. The first kappa shape index (κ1) is 32.9. The summed E-state index contributed by atoms with van der Waals surface area (Å²) in [6, 6.07) is 19.3. The number of benzene rings is 3. The van der Waals surface area contributed by atoms with Gasteiger partial charge in [-0.3, -0.25) is 14.5 Å². The largest absolute Gasteiger partial charge is 0.508 e. The highest BCUT2D eigenvalue weighted by molar-refractivity contribution is 6.13. The van der Waals surface area contributed by atoms with Crippen molar-refractivity contribution in [1.29, 1.82) is 0 Å². The highest BCUT2D eigenvalue weighted by Gasteiger charge is 2.48. The third kappa shape index (κ3) is 5.49. The summed E-state index contributed by atoms with van der Waals surface area (Å²) < 4.78 is 58.5. The summed E-state index contributed by atoms with van der Waals surface area (Å²) in [6.07, 6.45) is -1.60. The maximum Gasteiger partial charge on any atom is 0.409 e. The van der Waals surface area contributed by atoms with Gasteiger partial charge in [-0.25, -0.2) is 4.98 Å². The zero-order chi connectivity index (χ0) is 36.5. The highest BCUT2D eigenvalue weighted by atomic mass is 19.4. The number of alkyl halides is 3. The van der Waals surface area contributed by atoms with E-state index in [9.17, 15) is 27.9 Å². The van der Waals surface area contributed by atoms with Crippen molar-refractivity contribution in [1.82, 2.24) is 19.0 Å². The number of ether oxygens (including phenoxy) is 2. The molecule has 0 radical (unpaired) electrons. The van der Waals surface area contributed by atoms with Crippen molar-refractivity contribution in [3.05, 3.63) is 119 Å². The van der Waals surface area contributed by atoms with Crippen molar-refractivity contribution in [2.45, 2.75) is 32.1 Å². The van der Waals surface area contributed by atoms with Gasteiger partial charge in [-0.2, -0.15) is 13.2 Å². The molecule has 13 heteroatoms. The predicted octanol–water partition coefficient (Wildman–Crippen LogP) is 7.43. The summed E-state index contributed by atoms with van der Waals surface area (Å²) in [4.78, 5) is 36.0. The second-order valence-electron chi connectivity index (χ2n) is 13.0. The van der Waals surface area contributed by atoms with E-state index in [-0.39, 0.29) is 47.9 Å². The van der Waals surface area contributed by atoms with E-state index in [0.717, 1.165) is 15.9 Å². The molecular weight excluding hydrogens is 675 g/mol. The van der Waals surface area contributed by atoms with Crippen molar-refractivity contribution in [2.75, 3.05) is 11.7 Å². The fourth-order valence-corrected chi connectivity index (χ4v) is 7.06. The Balaban J connectivity index is 1.24.